The zero-order valence-corrected chi connectivity index (χ0v) is 18.8. The second-order valence-electron chi connectivity index (χ2n) is 6.98. The summed E-state index contributed by atoms with van der Waals surface area (Å²) in [6.45, 7) is 1.87. The molecule has 1 heterocycles. The summed E-state index contributed by atoms with van der Waals surface area (Å²) in [5.41, 5.74) is 0.476. The van der Waals surface area contributed by atoms with Crippen LogP contribution in [0.3, 0.4) is 0 Å². The lowest BCUT2D eigenvalue weighted by Gasteiger charge is -2.18. The number of thiazole rings is 1. The van der Waals surface area contributed by atoms with E-state index in [0.717, 1.165) is 10.8 Å². The van der Waals surface area contributed by atoms with E-state index in [2.05, 4.69) is 15.0 Å². The van der Waals surface area contributed by atoms with Gasteiger partial charge in [0.2, 0.25) is 0 Å². The molecule has 1 atom stereocenters. The summed E-state index contributed by atoms with van der Waals surface area (Å²) < 4.78 is 33.2. The standard InChI is InChI=1S/C23H21N3O4S2/c1-2-21(30-19-10-7-16-5-3-4-6-17(16)15-19)22(27)25-18-8-11-20(12-9-18)32(28,29)26-23-24-13-14-31-23/h3-15,21H,2H2,1H3,(H,24,26)(H,25,27)/t21-/m0/s1. The Labute approximate surface area is 190 Å². The van der Waals surface area contributed by atoms with Gasteiger partial charge in [0.05, 0.1) is 4.90 Å². The first kappa shape index (κ1) is 21.8. The molecule has 0 radical (unpaired) electrons. The minimum Gasteiger partial charge on any atom is -0.481 e. The second-order valence-corrected chi connectivity index (χ2v) is 9.56. The Morgan fingerprint density at radius 3 is 2.50 bits per heavy atom. The summed E-state index contributed by atoms with van der Waals surface area (Å²) in [6, 6.07) is 19.5. The Bertz CT molecular complexity index is 1320. The molecule has 4 rings (SSSR count). The number of nitrogens with zero attached hydrogens (tertiary/aromatic N) is 1. The molecule has 32 heavy (non-hydrogen) atoms. The molecule has 7 nitrogen and oxygen atoms in total. The van der Waals surface area contributed by atoms with Crippen molar-refractivity contribution >= 4 is 48.9 Å². The molecule has 0 saturated heterocycles. The first-order chi connectivity index (χ1) is 15.4. The SMILES string of the molecule is CC[C@H](Oc1ccc2ccccc2c1)C(=O)Nc1ccc(S(=O)(=O)Nc2nccs2)cc1. The quantitative estimate of drug-likeness (QED) is 0.384. The lowest BCUT2D eigenvalue weighted by atomic mass is 10.1. The van der Waals surface area contributed by atoms with E-state index in [1.165, 1.54) is 41.8 Å². The van der Waals surface area contributed by atoms with Crippen molar-refractivity contribution in [1.29, 1.82) is 0 Å². The predicted octanol–water partition coefficient (Wildman–Crippen LogP) is 4.89. The van der Waals surface area contributed by atoms with Gasteiger partial charge in [0.25, 0.3) is 15.9 Å². The van der Waals surface area contributed by atoms with Crippen molar-refractivity contribution in [2.75, 3.05) is 10.0 Å². The number of carbonyl (C=O) groups is 1. The van der Waals surface area contributed by atoms with Gasteiger partial charge in [-0.25, -0.2) is 13.4 Å². The number of hydrogen-bond acceptors (Lipinski definition) is 6. The molecule has 0 bridgehead atoms. The molecule has 0 aliphatic heterocycles. The maximum atomic E-state index is 12.7. The van der Waals surface area contributed by atoms with Crippen LogP contribution in [-0.2, 0) is 14.8 Å². The lowest BCUT2D eigenvalue weighted by molar-refractivity contribution is -0.122. The molecular weight excluding hydrogens is 446 g/mol. The number of rotatable bonds is 8. The number of anilines is 2. The van der Waals surface area contributed by atoms with Gasteiger partial charge in [-0.2, -0.15) is 0 Å². The van der Waals surface area contributed by atoms with E-state index in [9.17, 15) is 13.2 Å². The van der Waals surface area contributed by atoms with Gasteiger partial charge in [-0.3, -0.25) is 9.52 Å². The maximum absolute atomic E-state index is 12.7. The number of hydrogen-bond donors (Lipinski definition) is 2. The van der Waals surface area contributed by atoms with Crippen LogP contribution in [0.2, 0.25) is 0 Å². The summed E-state index contributed by atoms with van der Waals surface area (Å²) >= 11 is 1.19. The molecule has 9 heteroatoms. The summed E-state index contributed by atoms with van der Waals surface area (Å²) in [7, 11) is -3.75. The number of fused-ring (bicyclic) bond motifs is 1. The molecule has 1 amide bonds. The van der Waals surface area contributed by atoms with Crippen LogP contribution in [0.25, 0.3) is 10.8 Å². The molecule has 0 spiro atoms. The van der Waals surface area contributed by atoms with Crippen molar-refractivity contribution in [2.24, 2.45) is 0 Å². The van der Waals surface area contributed by atoms with Gasteiger partial charge < -0.3 is 10.1 Å². The molecule has 2 N–H and O–H groups in total. The van der Waals surface area contributed by atoms with Gasteiger partial charge in [0.1, 0.15) is 5.75 Å². The highest BCUT2D eigenvalue weighted by Gasteiger charge is 2.20. The first-order valence-electron chi connectivity index (χ1n) is 9.93. The zero-order valence-electron chi connectivity index (χ0n) is 17.2. The highest BCUT2D eigenvalue weighted by molar-refractivity contribution is 7.93. The molecule has 1 aromatic heterocycles. The van der Waals surface area contributed by atoms with Gasteiger partial charge in [-0.1, -0.05) is 37.3 Å². The topological polar surface area (TPSA) is 97.4 Å². The highest BCUT2D eigenvalue weighted by atomic mass is 32.2. The minimum absolute atomic E-state index is 0.0742. The highest BCUT2D eigenvalue weighted by Crippen LogP contribution is 2.23. The maximum Gasteiger partial charge on any atom is 0.265 e. The Morgan fingerprint density at radius 1 is 1.06 bits per heavy atom. The van der Waals surface area contributed by atoms with Crippen LogP contribution < -0.4 is 14.8 Å². The van der Waals surface area contributed by atoms with E-state index < -0.39 is 16.1 Å². The van der Waals surface area contributed by atoms with Crippen molar-refractivity contribution < 1.29 is 17.9 Å². The number of amides is 1. The largest absolute Gasteiger partial charge is 0.481 e. The Kier molecular flexibility index (Phi) is 6.38. The van der Waals surface area contributed by atoms with E-state index in [-0.39, 0.29) is 10.8 Å². The molecule has 0 aliphatic carbocycles. The third-order valence-electron chi connectivity index (χ3n) is 4.75. The van der Waals surface area contributed by atoms with Gasteiger partial charge in [0, 0.05) is 17.3 Å². The normalized spacial score (nSPS) is 12.3. The summed E-state index contributed by atoms with van der Waals surface area (Å²) in [5.74, 6) is 0.303. The second kappa shape index (κ2) is 9.37. The van der Waals surface area contributed by atoms with Crippen LogP contribution in [0.1, 0.15) is 13.3 Å². The van der Waals surface area contributed by atoms with E-state index >= 15 is 0 Å². The van der Waals surface area contributed by atoms with E-state index in [0.29, 0.717) is 23.0 Å². The van der Waals surface area contributed by atoms with Crippen molar-refractivity contribution in [2.45, 2.75) is 24.3 Å². The molecule has 3 aromatic carbocycles. The number of nitrogens with one attached hydrogen (secondary N) is 2. The number of sulfonamides is 1. The number of carbonyl (C=O) groups excluding carboxylic acids is 1. The van der Waals surface area contributed by atoms with Crippen molar-refractivity contribution in [1.82, 2.24) is 4.98 Å². The molecule has 164 valence electrons. The van der Waals surface area contributed by atoms with E-state index in [4.69, 9.17) is 4.74 Å². The van der Waals surface area contributed by atoms with Crippen LogP contribution in [0.4, 0.5) is 10.8 Å². The zero-order chi connectivity index (χ0) is 22.6. The van der Waals surface area contributed by atoms with Crippen LogP contribution >= 0.6 is 11.3 Å². The molecule has 0 aliphatic rings. The van der Waals surface area contributed by atoms with Crippen LogP contribution in [-0.4, -0.2) is 25.4 Å². The van der Waals surface area contributed by atoms with Crippen LogP contribution in [0, 0.1) is 0 Å². The fourth-order valence-corrected chi connectivity index (χ4v) is 4.90. The van der Waals surface area contributed by atoms with Gasteiger partial charge in [-0.15, -0.1) is 11.3 Å². The molecule has 0 unspecified atom stereocenters. The molecular formula is C23H21N3O4S2. The van der Waals surface area contributed by atoms with E-state index in [1.54, 1.807) is 5.38 Å². The fraction of sp³-hybridized carbons (Fsp3) is 0.130. The molecule has 4 aromatic rings. The Morgan fingerprint density at radius 2 is 1.81 bits per heavy atom. The number of ether oxygens (including phenoxy) is 1. The van der Waals surface area contributed by atoms with Crippen molar-refractivity contribution in [3.63, 3.8) is 0 Å². The molecule has 0 saturated carbocycles. The lowest BCUT2D eigenvalue weighted by Crippen LogP contribution is -2.32. The minimum atomic E-state index is -3.75. The molecule has 0 fully saturated rings. The summed E-state index contributed by atoms with van der Waals surface area (Å²) in [6.07, 6.45) is 1.31. The van der Waals surface area contributed by atoms with Gasteiger partial charge >= 0.3 is 0 Å². The van der Waals surface area contributed by atoms with Gasteiger partial charge in [0.15, 0.2) is 11.2 Å². The third-order valence-corrected chi connectivity index (χ3v) is 6.92. The number of benzene rings is 3. The summed E-state index contributed by atoms with van der Waals surface area (Å²) in [4.78, 5) is 16.7. The van der Waals surface area contributed by atoms with Crippen LogP contribution in [0.15, 0.2) is 83.2 Å². The summed E-state index contributed by atoms with van der Waals surface area (Å²) in [5, 5.41) is 6.88. The fourth-order valence-electron chi connectivity index (χ4n) is 3.12. The monoisotopic (exact) mass is 467 g/mol. The third kappa shape index (κ3) is 5.06. The Hall–Kier alpha value is -3.43. The smallest absolute Gasteiger partial charge is 0.265 e. The van der Waals surface area contributed by atoms with Crippen molar-refractivity contribution in [3.05, 3.63) is 78.3 Å². The van der Waals surface area contributed by atoms with Crippen LogP contribution in [0.5, 0.6) is 5.75 Å². The average molecular weight is 468 g/mol. The van der Waals surface area contributed by atoms with Gasteiger partial charge in [-0.05, 0) is 53.6 Å². The predicted molar refractivity (Wildman–Crippen MR) is 127 cm³/mol. The average Bonchev–Trinajstić information content (AvgIpc) is 3.30. The number of aromatic nitrogens is 1. The van der Waals surface area contributed by atoms with E-state index in [1.807, 2.05) is 49.4 Å². The van der Waals surface area contributed by atoms with Crippen molar-refractivity contribution in [3.8, 4) is 5.75 Å². The first-order valence-corrected chi connectivity index (χ1v) is 12.3. The Balaban J connectivity index is 1.42.